The number of aromatic nitrogens is 1. The smallest absolute Gasteiger partial charge is 0.123 e. The molecule has 174 valence electrons. The van der Waals surface area contributed by atoms with Gasteiger partial charge in [-0.2, -0.15) is 5.26 Å². The Kier molecular flexibility index (Phi) is 4.70. The maximum atomic E-state index is 13.9. The third kappa shape index (κ3) is 3.26. The summed E-state index contributed by atoms with van der Waals surface area (Å²) in [6.07, 6.45) is 0. The molecule has 0 saturated heterocycles. The molecule has 7 aromatic rings. The molecule has 3 nitrogen and oxygen atoms in total. The van der Waals surface area contributed by atoms with Crippen molar-refractivity contribution in [3.8, 4) is 11.8 Å². The van der Waals surface area contributed by atoms with Crippen LogP contribution in [0.15, 0.2) is 121 Å². The van der Waals surface area contributed by atoms with Gasteiger partial charge in [0.1, 0.15) is 5.82 Å². The zero-order valence-corrected chi connectivity index (χ0v) is 19.8. The van der Waals surface area contributed by atoms with Gasteiger partial charge in [-0.1, -0.05) is 42.5 Å². The van der Waals surface area contributed by atoms with Gasteiger partial charge in [0.2, 0.25) is 0 Å². The van der Waals surface area contributed by atoms with E-state index >= 15 is 0 Å². The summed E-state index contributed by atoms with van der Waals surface area (Å²) in [5, 5.41) is 14.0. The Morgan fingerprint density at radius 3 is 2.05 bits per heavy atom. The molecule has 0 aliphatic rings. The van der Waals surface area contributed by atoms with Crippen molar-refractivity contribution < 1.29 is 4.39 Å². The standard InChI is InChI=1S/C33H20FN3/c34-24-12-16-27(17-13-24)36(26-14-9-22(21-35)10-15-26)29-19-20-31-33-28(29)18-11-23-5-4-8-30(32(23)33)37(31)25-6-2-1-3-7-25/h1-20H. The third-order valence-electron chi connectivity index (χ3n) is 7.03. The molecule has 0 aliphatic carbocycles. The summed E-state index contributed by atoms with van der Waals surface area (Å²) < 4.78 is 16.2. The highest BCUT2D eigenvalue weighted by Gasteiger charge is 2.22. The van der Waals surface area contributed by atoms with Crippen LogP contribution in [0, 0.1) is 17.1 Å². The first-order valence-electron chi connectivity index (χ1n) is 12.1. The first-order chi connectivity index (χ1) is 18.2. The molecule has 0 aliphatic heterocycles. The maximum Gasteiger partial charge on any atom is 0.123 e. The molecule has 0 spiro atoms. The normalized spacial score (nSPS) is 11.4. The highest BCUT2D eigenvalue weighted by molar-refractivity contribution is 6.26. The summed E-state index contributed by atoms with van der Waals surface area (Å²) in [5.74, 6) is -0.282. The average molecular weight is 478 g/mol. The Balaban J connectivity index is 1.56. The van der Waals surface area contributed by atoms with Gasteiger partial charge in [0, 0.05) is 33.2 Å². The summed E-state index contributed by atoms with van der Waals surface area (Å²) in [6, 6.07) is 41.7. The van der Waals surface area contributed by atoms with Crippen LogP contribution in [0.25, 0.3) is 38.3 Å². The van der Waals surface area contributed by atoms with Crippen LogP contribution in [0.2, 0.25) is 0 Å². The van der Waals surface area contributed by atoms with Gasteiger partial charge in [-0.15, -0.1) is 0 Å². The van der Waals surface area contributed by atoms with Crippen molar-refractivity contribution in [3.63, 3.8) is 0 Å². The lowest BCUT2D eigenvalue weighted by Gasteiger charge is -2.27. The third-order valence-corrected chi connectivity index (χ3v) is 7.03. The number of rotatable bonds is 4. The molecule has 6 aromatic carbocycles. The predicted molar refractivity (Wildman–Crippen MR) is 149 cm³/mol. The largest absolute Gasteiger partial charge is 0.310 e. The predicted octanol–water partition coefficient (Wildman–Crippen LogP) is 8.86. The van der Waals surface area contributed by atoms with Crippen molar-refractivity contribution >= 4 is 49.6 Å². The molecule has 4 heteroatoms. The van der Waals surface area contributed by atoms with Crippen molar-refractivity contribution in [2.24, 2.45) is 0 Å². The Hall–Kier alpha value is -5.14. The van der Waals surface area contributed by atoms with E-state index in [2.05, 4.69) is 82.3 Å². The van der Waals surface area contributed by atoms with Crippen LogP contribution in [0.5, 0.6) is 0 Å². The first-order valence-corrected chi connectivity index (χ1v) is 12.1. The van der Waals surface area contributed by atoms with E-state index in [4.69, 9.17) is 0 Å². The fraction of sp³-hybridized carbons (Fsp3) is 0. The number of hydrogen-bond acceptors (Lipinski definition) is 2. The van der Waals surface area contributed by atoms with Crippen molar-refractivity contribution in [1.29, 1.82) is 5.26 Å². The van der Waals surface area contributed by atoms with Crippen molar-refractivity contribution in [2.75, 3.05) is 4.90 Å². The quantitative estimate of drug-likeness (QED) is 0.237. The van der Waals surface area contributed by atoms with Crippen LogP contribution >= 0.6 is 0 Å². The lowest BCUT2D eigenvalue weighted by atomic mass is 10.00. The highest BCUT2D eigenvalue weighted by Crippen LogP contribution is 2.45. The molecular formula is C33H20FN3. The molecule has 37 heavy (non-hydrogen) atoms. The van der Waals surface area contributed by atoms with Gasteiger partial charge in [0.15, 0.2) is 0 Å². The zero-order chi connectivity index (χ0) is 24.9. The van der Waals surface area contributed by atoms with Gasteiger partial charge in [-0.25, -0.2) is 4.39 Å². The van der Waals surface area contributed by atoms with Gasteiger partial charge in [0.05, 0.1) is 28.4 Å². The summed E-state index contributed by atoms with van der Waals surface area (Å²) in [6.45, 7) is 0. The number of nitriles is 1. The Morgan fingerprint density at radius 2 is 1.32 bits per heavy atom. The minimum Gasteiger partial charge on any atom is -0.310 e. The van der Waals surface area contributed by atoms with Gasteiger partial charge in [-0.05, 0) is 84.2 Å². The van der Waals surface area contributed by atoms with E-state index in [-0.39, 0.29) is 5.82 Å². The van der Waals surface area contributed by atoms with E-state index in [1.165, 1.54) is 28.3 Å². The van der Waals surface area contributed by atoms with Crippen LogP contribution in [-0.4, -0.2) is 4.57 Å². The summed E-state index contributed by atoms with van der Waals surface area (Å²) in [5.41, 5.74) is 6.73. The molecule has 0 amide bonds. The molecule has 0 N–H and O–H groups in total. The summed E-state index contributed by atoms with van der Waals surface area (Å²) in [4.78, 5) is 2.12. The summed E-state index contributed by atoms with van der Waals surface area (Å²) >= 11 is 0. The number of benzene rings is 6. The van der Waals surface area contributed by atoms with Crippen LogP contribution in [0.3, 0.4) is 0 Å². The van der Waals surface area contributed by atoms with E-state index in [1.807, 2.05) is 30.3 Å². The first kappa shape index (κ1) is 21.2. The fourth-order valence-corrected chi connectivity index (χ4v) is 5.43. The SMILES string of the molecule is N#Cc1ccc(N(c2ccc(F)cc2)c2ccc3c4c2ccc2cccc(c24)n3-c2ccccc2)cc1. The molecule has 0 atom stereocenters. The molecule has 1 aromatic heterocycles. The van der Waals surface area contributed by atoms with Crippen molar-refractivity contribution in [2.45, 2.75) is 0 Å². The second-order valence-corrected chi connectivity index (χ2v) is 9.11. The molecule has 0 bridgehead atoms. The van der Waals surface area contributed by atoms with Gasteiger partial charge >= 0.3 is 0 Å². The molecule has 0 fully saturated rings. The average Bonchev–Trinajstić information content (AvgIpc) is 3.30. The van der Waals surface area contributed by atoms with E-state index in [9.17, 15) is 9.65 Å². The molecule has 0 unspecified atom stereocenters. The lowest BCUT2D eigenvalue weighted by Crippen LogP contribution is -2.10. The Labute approximate surface area is 213 Å². The number of halogens is 1. The van der Waals surface area contributed by atoms with Crippen LogP contribution < -0.4 is 4.90 Å². The number of nitrogens with zero attached hydrogens (tertiary/aromatic N) is 3. The minimum atomic E-state index is -0.282. The zero-order valence-electron chi connectivity index (χ0n) is 19.8. The van der Waals surface area contributed by atoms with Gasteiger partial charge in [0.25, 0.3) is 0 Å². The monoisotopic (exact) mass is 477 g/mol. The number of hydrogen-bond donors (Lipinski definition) is 0. The van der Waals surface area contributed by atoms with E-state index in [1.54, 1.807) is 12.1 Å². The minimum absolute atomic E-state index is 0.282. The highest BCUT2D eigenvalue weighted by atomic mass is 19.1. The molecular weight excluding hydrogens is 457 g/mol. The van der Waals surface area contributed by atoms with Gasteiger partial charge < -0.3 is 9.47 Å². The van der Waals surface area contributed by atoms with Crippen molar-refractivity contribution in [3.05, 3.63) is 133 Å². The number of anilines is 3. The molecule has 7 rings (SSSR count). The molecule has 1 heterocycles. The van der Waals surface area contributed by atoms with E-state index in [0.717, 1.165) is 39.2 Å². The number of para-hydroxylation sites is 1. The Morgan fingerprint density at radius 1 is 0.622 bits per heavy atom. The van der Waals surface area contributed by atoms with E-state index in [0.29, 0.717) is 5.56 Å². The van der Waals surface area contributed by atoms with Crippen LogP contribution in [0.1, 0.15) is 5.56 Å². The topological polar surface area (TPSA) is 32.0 Å². The Bertz CT molecular complexity index is 1930. The maximum absolute atomic E-state index is 13.9. The van der Waals surface area contributed by atoms with Gasteiger partial charge in [-0.3, -0.25) is 0 Å². The lowest BCUT2D eigenvalue weighted by molar-refractivity contribution is 0.628. The fourth-order valence-electron chi connectivity index (χ4n) is 5.43. The van der Waals surface area contributed by atoms with Crippen LogP contribution in [0.4, 0.5) is 21.5 Å². The van der Waals surface area contributed by atoms with Crippen molar-refractivity contribution in [1.82, 2.24) is 4.57 Å². The molecule has 0 saturated carbocycles. The molecule has 0 radical (unpaired) electrons. The van der Waals surface area contributed by atoms with E-state index < -0.39 is 0 Å². The van der Waals surface area contributed by atoms with Crippen LogP contribution in [-0.2, 0) is 0 Å². The second-order valence-electron chi connectivity index (χ2n) is 9.11. The summed E-state index contributed by atoms with van der Waals surface area (Å²) in [7, 11) is 0. The second kappa shape index (κ2) is 8.22.